The first-order chi connectivity index (χ1) is 4.75. The zero-order chi connectivity index (χ0) is 7.56. The Labute approximate surface area is 58.4 Å². The monoisotopic (exact) mass is 146 g/mol. The van der Waals surface area contributed by atoms with Gasteiger partial charge in [-0.3, -0.25) is 4.79 Å². The number of hydrogen-bond donors (Lipinski definition) is 2. The molecule has 0 aliphatic carbocycles. The third-order valence-corrected chi connectivity index (χ3v) is 1.75. The van der Waals surface area contributed by atoms with Crippen LogP contribution in [0.3, 0.4) is 0 Å². The van der Waals surface area contributed by atoms with E-state index in [-0.39, 0.29) is 19.1 Å². The molecule has 4 nitrogen and oxygen atoms in total. The summed E-state index contributed by atoms with van der Waals surface area (Å²) in [5.41, 5.74) is 0. The predicted octanol–water partition coefficient (Wildman–Crippen LogP) is -0.674. The number of aliphatic carboxylic acids is 1. The van der Waals surface area contributed by atoms with Crippen LogP contribution < -0.4 is 0 Å². The number of rotatable bonds is 2. The van der Waals surface area contributed by atoms with Crippen LogP contribution in [0.15, 0.2) is 0 Å². The van der Waals surface area contributed by atoms with Crippen molar-refractivity contribution >= 4 is 5.97 Å². The highest BCUT2D eigenvalue weighted by atomic mass is 16.5. The van der Waals surface area contributed by atoms with E-state index in [9.17, 15) is 4.79 Å². The lowest BCUT2D eigenvalue weighted by Crippen LogP contribution is -2.24. The van der Waals surface area contributed by atoms with Gasteiger partial charge in [0.25, 0.3) is 0 Å². The van der Waals surface area contributed by atoms with Crippen LogP contribution in [0.25, 0.3) is 0 Å². The van der Waals surface area contributed by atoms with Gasteiger partial charge in [-0.15, -0.1) is 0 Å². The maximum Gasteiger partial charge on any atom is 0.309 e. The van der Waals surface area contributed by atoms with E-state index in [1.165, 1.54) is 0 Å². The molecule has 10 heavy (non-hydrogen) atoms. The summed E-state index contributed by atoms with van der Waals surface area (Å²) in [6.07, 6.45) is 0. The van der Waals surface area contributed by atoms with E-state index in [1.54, 1.807) is 0 Å². The highest BCUT2D eigenvalue weighted by Gasteiger charge is 2.33. The lowest BCUT2D eigenvalue weighted by Gasteiger charge is -2.08. The Morgan fingerprint density at radius 2 is 2.30 bits per heavy atom. The largest absolute Gasteiger partial charge is 0.481 e. The summed E-state index contributed by atoms with van der Waals surface area (Å²) in [7, 11) is 0. The van der Waals surface area contributed by atoms with Gasteiger partial charge in [-0.2, -0.15) is 0 Å². The van der Waals surface area contributed by atoms with Gasteiger partial charge in [-0.25, -0.2) is 0 Å². The van der Waals surface area contributed by atoms with Gasteiger partial charge in [-0.05, 0) is 0 Å². The van der Waals surface area contributed by atoms with E-state index in [2.05, 4.69) is 0 Å². The highest BCUT2D eigenvalue weighted by Crippen LogP contribution is 2.19. The zero-order valence-corrected chi connectivity index (χ0v) is 5.49. The predicted molar refractivity (Wildman–Crippen MR) is 32.5 cm³/mol. The Morgan fingerprint density at radius 3 is 2.70 bits per heavy atom. The Kier molecular flexibility index (Phi) is 2.24. The van der Waals surface area contributed by atoms with E-state index >= 15 is 0 Å². The van der Waals surface area contributed by atoms with Crippen molar-refractivity contribution in [2.45, 2.75) is 0 Å². The molecule has 0 aromatic carbocycles. The number of hydrogen-bond acceptors (Lipinski definition) is 3. The maximum absolute atomic E-state index is 10.4. The van der Waals surface area contributed by atoms with E-state index in [0.717, 1.165) is 0 Å². The van der Waals surface area contributed by atoms with E-state index in [0.29, 0.717) is 6.61 Å². The quantitative estimate of drug-likeness (QED) is 0.542. The summed E-state index contributed by atoms with van der Waals surface area (Å²) >= 11 is 0. The summed E-state index contributed by atoms with van der Waals surface area (Å²) in [6, 6.07) is 0. The van der Waals surface area contributed by atoms with Crippen LogP contribution in [-0.4, -0.2) is 36.0 Å². The zero-order valence-electron chi connectivity index (χ0n) is 5.49. The molecule has 0 saturated carbocycles. The van der Waals surface area contributed by atoms with Crippen molar-refractivity contribution in [2.24, 2.45) is 11.8 Å². The Balaban J connectivity index is 2.50. The maximum atomic E-state index is 10.4. The second-order valence-corrected chi connectivity index (χ2v) is 2.42. The first kappa shape index (κ1) is 7.50. The minimum Gasteiger partial charge on any atom is -0.481 e. The molecule has 1 aliphatic rings. The second-order valence-electron chi connectivity index (χ2n) is 2.42. The molecule has 1 rings (SSSR count). The minimum absolute atomic E-state index is 0.100. The van der Waals surface area contributed by atoms with Crippen LogP contribution in [0, 0.1) is 11.8 Å². The second kappa shape index (κ2) is 2.98. The molecule has 58 valence electrons. The molecule has 0 aromatic heterocycles. The normalized spacial score (nSPS) is 32.5. The lowest BCUT2D eigenvalue weighted by atomic mass is 9.97. The summed E-state index contributed by atoms with van der Waals surface area (Å²) in [4.78, 5) is 10.4. The van der Waals surface area contributed by atoms with Crippen LogP contribution in [0.2, 0.25) is 0 Å². The van der Waals surface area contributed by atoms with Gasteiger partial charge in [0, 0.05) is 12.5 Å². The molecule has 0 amide bonds. The van der Waals surface area contributed by atoms with Gasteiger partial charge < -0.3 is 14.9 Å². The molecular formula is C6H10O4. The van der Waals surface area contributed by atoms with Crippen molar-refractivity contribution in [3.8, 4) is 0 Å². The molecule has 2 unspecified atom stereocenters. The van der Waals surface area contributed by atoms with Crippen LogP contribution in [0.1, 0.15) is 0 Å². The van der Waals surface area contributed by atoms with Crippen LogP contribution >= 0.6 is 0 Å². The molecule has 0 bridgehead atoms. The van der Waals surface area contributed by atoms with Gasteiger partial charge in [0.15, 0.2) is 0 Å². The number of carbonyl (C=O) groups is 1. The number of ether oxygens (including phenoxy) is 1. The third-order valence-electron chi connectivity index (χ3n) is 1.75. The fraction of sp³-hybridized carbons (Fsp3) is 0.833. The van der Waals surface area contributed by atoms with Crippen molar-refractivity contribution in [1.29, 1.82) is 0 Å². The molecule has 2 atom stereocenters. The molecule has 0 radical (unpaired) electrons. The van der Waals surface area contributed by atoms with Gasteiger partial charge in [-0.1, -0.05) is 0 Å². The van der Waals surface area contributed by atoms with Crippen LogP contribution in [0.5, 0.6) is 0 Å². The fourth-order valence-electron chi connectivity index (χ4n) is 1.05. The molecule has 0 aromatic rings. The van der Waals surface area contributed by atoms with Gasteiger partial charge in [0.2, 0.25) is 0 Å². The molecule has 0 spiro atoms. The topological polar surface area (TPSA) is 66.8 Å². The number of aliphatic hydroxyl groups is 1. The van der Waals surface area contributed by atoms with Gasteiger partial charge in [0.05, 0.1) is 19.1 Å². The van der Waals surface area contributed by atoms with E-state index < -0.39 is 11.9 Å². The molecule has 1 saturated heterocycles. The van der Waals surface area contributed by atoms with Crippen molar-refractivity contribution in [3.63, 3.8) is 0 Å². The van der Waals surface area contributed by atoms with Crippen molar-refractivity contribution in [3.05, 3.63) is 0 Å². The summed E-state index contributed by atoms with van der Waals surface area (Å²) in [5, 5.41) is 17.2. The molecule has 1 fully saturated rings. The highest BCUT2D eigenvalue weighted by molar-refractivity contribution is 5.70. The van der Waals surface area contributed by atoms with E-state index in [4.69, 9.17) is 14.9 Å². The van der Waals surface area contributed by atoms with Gasteiger partial charge in [0.1, 0.15) is 0 Å². The minimum atomic E-state index is -0.878. The molecule has 4 heteroatoms. The number of aliphatic hydroxyl groups excluding tert-OH is 1. The summed E-state index contributed by atoms with van der Waals surface area (Å²) in [6.45, 7) is 0.505. The standard InChI is InChI=1S/C6H10O4/c7-1-4-2-10-3-5(4)6(8)9/h4-5,7H,1-3H2,(H,8,9). The van der Waals surface area contributed by atoms with Crippen LogP contribution in [-0.2, 0) is 9.53 Å². The third kappa shape index (κ3) is 1.27. The molecular weight excluding hydrogens is 136 g/mol. The van der Waals surface area contributed by atoms with E-state index in [1.807, 2.05) is 0 Å². The van der Waals surface area contributed by atoms with Crippen molar-refractivity contribution < 1.29 is 19.7 Å². The van der Waals surface area contributed by atoms with Crippen molar-refractivity contribution in [2.75, 3.05) is 19.8 Å². The van der Waals surface area contributed by atoms with Gasteiger partial charge >= 0.3 is 5.97 Å². The average molecular weight is 146 g/mol. The Hall–Kier alpha value is -0.610. The average Bonchev–Trinajstić information content (AvgIpc) is 2.33. The van der Waals surface area contributed by atoms with Crippen LogP contribution in [0.4, 0.5) is 0 Å². The molecule has 1 heterocycles. The summed E-state index contributed by atoms with van der Waals surface area (Å²) < 4.78 is 4.88. The van der Waals surface area contributed by atoms with Crippen molar-refractivity contribution in [1.82, 2.24) is 0 Å². The lowest BCUT2D eigenvalue weighted by molar-refractivity contribution is -0.143. The first-order valence-corrected chi connectivity index (χ1v) is 3.17. The number of carboxylic acids is 1. The summed E-state index contributed by atoms with van der Waals surface area (Å²) in [5.74, 6) is -1.60. The SMILES string of the molecule is O=C(O)C1COCC1CO. The Bertz CT molecular complexity index is 134. The fourth-order valence-corrected chi connectivity index (χ4v) is 1.05. The Morgan fingerprint density at radius 1 is 1.60 bits per heavy atom. The molecule has 2 N–H and O–H groups in total. The smallest absolute Gasteiger partial charge is 0.309 e. The first-order valence-electron chi connectivity index (χ1n) is 3.17. The number of carboxylic acid groups (broad SMARTS) is 1. The molecule has 1 aliphatic heterocycles.